The second-order valence-electron chi connectivity index (χ2n) is 6.94. The van der Waals surface area contributed by atoms with E-state index in [4.69, 9.17) is 5.41 Å². The number of benzene rings is 1. The van der Waals surface area contributed by atoms with Gasteiger partial charge in [0.1, 0.15) is 7.85 Å². The van der Waals surface area contributed by atoms with Crippen molar-refractivity contribution in [1.82, 2.24) is 5.32 Å². The number of hydrogen-bond donors (Lipinski definition) is 2. The van der Waals surface area contributed by atoms with Crippen molar-refractivity contribution in [1.29, 1.82) is 5.41 Å². The molecule has 1 unspecified atom stereocenters. The first-order valence-electron chi connectivity index (χ1n) is 8.15. The molecule has 0 aromatic heterocycles. The van der Waals surface area contributed by atoms with Crippen molar-refractivity contribution in [3.63, 3.8) is 0 Å². The van der Waals surface area contributed by atoms with E-state index in [0.29, 0.717) is 18.2 Å². The van der Waals surface area contributed by atoms with Crippen LogP contribution in [0.4, 0.5) is 0 Å². The lowest BCUT2D eigenvalue weighted by Gasteiger charge is -2.31. The maximum absolute atomic E-state index is 12.6. The molecule has 4 heteroatoms. The molecular formula is C18H29BN2O. The number of Topliss-reactive ketones (excluding diaryl/α,β-unsaturated/α-hetero) is 1. The standard InChI is InChI=1S/C18H29BN2O/c1-13(2)12-18(4,21-14(3)20)17(22)7-5-6-15-8-10-16(19)11-9-15/h8-11,13H,5-7,12,19H2,1-4H3,(H2,20,21). The Labute approximate surface area is 135 Å². The first-order valence-corrected chi connectivity index (χ1v) is 8.15. The lowest BCUT2D eigenvalue weighted by Crippen LogP contribution is -2.52. The van der Waals surface area contributed by atoms with E-state index in [-0.39, 0.29) is 5.78 Å². The van der Waals surface area contributed by atoms with Crippen LogP contribution in [0.2, 0.25) is 0 Å². The molecule has 0 fully saturated rings. The van der Waals surface area contributed by atoms with Crippen molar-refractivity contribution in [2.24, 2.45) is 5.92 Å². The third-order valence-electron chi connectivity index (χ3n) is 3.89. The molecule has 1 rings (SSSR count). The van der Waals surface area contributed by atoms with Gasteiger partial charge in [-0.05, 0) is 44.6 Å². The first kappa shape index (κ1) is 18.5. The second-order valence-corrected chi connectivity index (χ2v) is 6.94. The predicted molar refractivity (Wildman–Crippen MR) is 97.0 cm³/mol. The predicted octanol–water partition coefficient (Wildman–Crippen LogP) is 2.23. The largest absolute Gasteiger partial charge is 0.362 e. The van der Waals surface area contributed by atoms with Crippen LogP contribution in [0.1, 0.15) is 52.5 Å². The zero-order valence-electron chi connectivity index (χ0n) is 14.6. The highest BCUT2D eigenvalue weighted by atomic mass is 16.1. The van der Waals surface area contributed by atoms with E-state index < -0.39 is 5.54 Å². The molecule has 0 saturated heterocycles. The molecule has 0 amide bonds. The van der Waals surface area contributed by atoms with Crippen LogP contribution in [-0.2, 0) is 11.2 Å². The summed E-state index contributed by atoms with van der Waals surface area (Å²) in [6, 6.07) is 8.49. The van der Waals surface area contributed by atoms with Crippen molar-refractivity contribution in [3.8, 4) is 0 Å². The van der Waals surface area contributed by atoms with Crippen molar-refractivity contribution < 1.29 is 4.79 Å². The number of aryl methyl sites for hydroxylation is 1. The van der Waals surface area contributed by atoms with E-state index >= 15 is 0 Å². The number of amidine groups is 1. The summed E-state index contributed by atoms with van der Waals surface area (Å²) in [5.74, 6) is 0.979. The van der Waals surface area contributed by atoms with Crippen LogP contribution in [-0.4, -0.2) is 25.0 Å². The SMILES string of the molecule is Bc1ccc(CCCC(=O)C(C)(CC(C)C)NC(C)=N)cc1. The van der Waals surface area contributed by atoms with Crippen LogP contribution in [0.15, 0.2) is 24.3 Å². The molecule has 0 bridgehead atoms. The lowest BCUT2D eigenvalue weighted by atomic mass is 9.84. The van der Waals surface area contributed by atoms with E-state index in [1.54, 1.807) is 6.92 Å². The minimum Gasteiger partial charge on any atom is -0.362 e. The van der Waals surface area contributed by atoms with Gasteiger partial charge in [-0.2, -0.15) is 0 Å². The molecule has 22 heavy (non-hydrogen) atoms. The van der Waals surface area contributed by atoms with Gasteiger partial charge in [0.25, 0.3) is 0 Å². The van der Waals surface area contributed by atoms with Crippen LogP contribution in [0, 0.1) is 11.3 Å². The molecule has 0 spiro atoms. The average molecular weight is 300 g/mol. The molecule has 0 saturated carbocycles. The minimum atomic E-state index is -0.618. The molecule has 0 radical (unpaired) electrons. The van der Waals surface area contributed by atoms with Gasteiger partial charge in [-0.25, -0.2) is 0 Å². The summed E-state index contributed by atoms with van der Waals surface area (Å²) in [7, 11) is 2.08. The molecule has 0 heterocycles. The Hall–Kier alpha value is -1.58. The van der Waals surface area contributed by atoms with E-state index in [2.05, 4.69) is 51.3 Å². The van der Waals surface area contributed by atoms with Crippen molar-refractivity contribution in [3.05, 3.63) is 29.8 Å². The normalized spacial score (nSPS) is 13.7. The summed E-state index contributed by atoms with van der Waals surface area (Å²) in [5.41, 5.74) is 1.92. The maximum atomic E-state index is 12.6. The molecule has 1 atom stereocenters. The fourth-order valence-corrected chi connectivity index (χ4v) is 2.95. The van der Waals surface area contributed by atoms with Crippen molar-refractivity contribution in [2.75, 3.05) is 0 Å². The highest BCUT2D eigenvalue weighted by Crippen LogP contribution is 2.20. The fourth-order valence-electron chi connectivity index (χ4n) is 2.95. The molecule has 0 aliphatic rings. The molecule has 1 aromatic carbocycles. The van der Waals surface area contributed by atoms with Crippen molar-refractivity contribution >= 4 is 24.9 Å². The van der Waals surface area contributed by atoms with E-state index in [1.807, 2.05) is 6.92 Å². The van der Waals surface area contributed by atoms with Gasteiger partial charge in [0.2, 0.25) is 0 Å². The van der Waals surface area contributed by atoms with Gasteiger partial charge in [-0.1, -0.05) is 43.6 Å². The Kier molecular flexibility index (Phi) is 6.85. The van der Waals surface area contributed by atoms with Gasteiger partial charge in [0, 0.05) is 6.42 Å². The maximum Gasteiger partial charge on any atom is 0.157 e. The van der Waals surface area contributed by atoms with E-state index in [0.717, 1.165) is 19.3 Å². The van der Waals surface area contributed by atoms with Gasteiger partial charge < -0.3 is 5.32 Å². The fraction of sp³-hybridized carbons (Fsp3) is 0.556. The number of carbonyl (C=O) groups excluding carboxylic acids is 1. The quantitative estimate of drug-likeness (QED) is 0.439. The molecule has 0 aliphatic heterocycles. The number of ketones is 1. The van der Waals surface area contributed by atoms with E-state index in [9.17, 15) is 4.79 Å². The summed E-state index contributed by atoms with van der Waals surface area (Å²) >= 11 is 0. The monoisotopic (exact) mass is 300 g/mol. The molecule has 2 N–H and O–H groups in total. The Morgan fingerprint density at radius 2 is 1.91 bits per heavy atom. The molecule has 1 aromatic rings. The second kappa shape index (κ2) is 8.16. The topological polar surface area (TPSA) is 53.0 Å². The Morgan fingerprint density at radius 1 is 1.32 bits per heavy atom. The van der Waals surface area contributed by atoms with Gasteiger partial charge in [-0.3, -0.25) is 10.2 Å². The first-order chi connectivity index (χ1) is 10.2. The zero-order valence-corrected chi connectivity index (χ0v) is 14.6. The highest BCUT2D eigenvalue weighted by molar-refractivity contribution is 6.32. The number of hydrogen-bond acceptors (Lipinski definition) is 2. The number of carbonyl (C=O) groups is 1. The van der Waals surface area contributed by atoms with Gasteiger partial charge >= 0.3 is 0 Å². The third-order valence-corrected chi connectivity index (χ3v) is 3.89. The van der Waals surface area contributed by atoms with Crippen LogP contribution in [0.5, 0.6) is 0 Å². The van der Waals surface area contributed by atoms with Gasteiger partial charge in [0.15, 0.2) is 5.78 Å². The summed E-state index contributed by atoms with van der Waals surface area (Å²) in [6.07, 6.45) is 3.09. The van der Waals surface area contributed by atoms with Crippen LogP contribution in [0.3, 0.4) is 0 Å². The average Bonchev–Trinajstić information content (AvgIpc) is 2.39. The summed E-state index contributed by atoms with van der Waals surface area (Å²) in [4.78, 5) is 12.6. The number of rotatable bonds is 8. The lowest BCUT2D eigenvalue weighted by molar-refractivity contribution is -0.125. The van der Waals surface area contributed by atoms with Crippen molar-refractivity contribution in [2.45, 2.75) is 58.9 Å². The number of nitrogens with one attached hydrogen (secondary N) is 2. The third kappa shape index (κ3) is 6.04. The van der Waals surface area contributed by atoms with Gasteiger partial charge in [0.05, 0.1) is 11.4 Å². The summed E-state index contributed by atoms with van der Waals surface area (Å²) < 4.78 is 0. The Balaban J connectivity index is 2.59. The Morgan fingerprint density at radius 3 is 2.41 bits per heavy atom. The molecule has 3 nitrogen and oxygen atoms in total. The summed E-state index contributed by atoms with van der Waals surface area (Å²) in [6.45, 7) is 7.84. The van der Waals surface area contributed by atoms with Crippen LogP contribution in [0.25, 0.3) is 0 Å². The molecule has 120 valence electrons. The van der Waals surface area contributed by atoms with Crippen LogP contribution < -0.4 is 10.8 Å². The van der Waals surface area contributed by atoms with Gasteiger partial charge in [-0.15, -0.1) is 0 Å². The summed E-state index contributed by atoms with van der Waals surface area (Å²) in [5, 5.41) is 10.7. The zero-order chi connectivity index (χ0) is 16.8. The smallest absolute Gasteiger partial charge is 0.157 e. The molecular weight excluding hydrogens is 271 g/mol. The van der Waals surface area contributed by atoms with E-state index in [1.165, 1.54) is 11.0 Å². The highest BCUT2D eigenvalue weighted by Gasteiger charge is 2.32. The van der Waals surface area contributed by atoms with Crippen LogP contribution >= 0.6 is 0 Å². The minimum absolute atomic E-state index is 0.208. The Bertz CT molecular complexity index is 510. The molecule has 0 aliphatic carbocycles.